The predicted molar refractivity (Wildman–Crippen MR) is 104 cm³/mol. The van der Waals surface area contributed by atoms with Gasteiger partial charge in [-0.1, -0.05) is 12.1 Å². The average Bonchev–Trinajstić information content (AvgIpc) is 2.66. The number of carbonyl (C=O) groups excluding carboxylic acids is 1. The van der Waals surface area contributed by atoms with Gasteiger partial charge in [0.25, 0.3) is 5.91 Å². The van der Waals surface area contributed by atoms with Gasteiger partial charge in [0, 0.05) is 6.07 Å². The van der Waals surface area contributed by atoms with Crippen molar-refractivity contribution >= 4 is 27.8 Å². The van der Waals surface area contributed by atoms with E-state index in [0.29, 0.717) is 11.3 Å². The molecular formula is C18H20FN3O5S. The number of benzene rings is 2. The summed E-state index contributed by atoms with van der Waals surface area (Å²) in [5, 5.41) is 3.75. The Hall–Kier alpha value is -3.14. The SMILES string of the molecule is COc1ccc(OC)c(N(CC(=O)N/N=C\c2ccc(F)cc2)S(C)(=O)=O)c1. The van der Waals surface area contributed by atoms with Gasteiger partial charge in [-0.15, -0.1) is 0 Å². The lowest BCUT2D eigenvalue weighted by Crippen LogP contribution is -2.39. The Morgan fingerprint density at radius 2 is 1.86 bits per heavy atom. The molecule has 10 heteroatoms. The maximum Gasteiger partial charge on any atom is 0.260 e. The second kappa shape index (κ2) is 9.18. The molecule has 0 saturated heterocycles. The van der Waals surface area contributed by atoms with Crippen LogP contribution in [0.4, 0.5) is 10.1 Å². The van der Waals surface area contributed by atoms with Crippen LogP contribution in [-0.4, -0.2) is 47.6 Å². The van der Waals surface area contributed by atoms with Gasteiger partial charge in [0.2, 0.25) is 10.0 Å². The van der Waals surface area contributed by atoms with E-state index in [-0.39, 0.29) is 11.4 Å². The Morgan fingerprint density at radius 1 is 1.18 bits per heavy atom. The molecule has 28 heavy (non-hydrogen) atoms. The van der Waals surface area contributed by atoms with E-state index in [9.17, 15) is 17.6 Å². The smallest absolute Gasteiger partial charge is 0.260 e. The van der Waals surface area contributed by atoms with Crippen molar-refractivity contribution in [2.45, 2.75) is 0 Å². The van der Waals surface area contributed by atoms with E-state index in [2.05, 4.69) is 10.5 Å². The number of rotatable bonds is 8. The number of carbonyl (C=O) groups is 1. The summed E-state index contributed by atoms with van der Waals surface area (Å²) in [4.78, 5) is 12.2. The lowest BCUT2D eigenvalue weighted by molar-refractivity contribution is -0.119. The first-order valence-electron chi connectivity index (χ1n) is 8.02. The van der Waals surface area contributed by atoms with E-state index in [1.165, 1.54) is 56.8 Å². The number of hydrogen-bond donors (Lipinski definition) is 1. The highest BCUT2D eigenvalue weighted by Gasteiger charge is 2.24. The molecule has 0 aliphatic heterocycles. The molecule has 0 fully saturated rings. The number of halogens is 1. The highest BCUT2D eigenvalue weighted by Crippen LogP contribution is 2.33. The van der Waals surface area contributed by atoms with Gasteiger partial charge < -0.3 is 9.47 Å². The molecule has 2 aromatic carbocycles. The number of amides is 1. The van der Waals surface area contributed by atoms with Crippen molar-refractivity contribution in [3.8, 4) is 11.5 Å². The molecule has 2 rings (SSSR count). The van der Waals surface area contributed by atoms with Crippen molar-refractivity contribution in [1.82, 2.24) is 5.43 Å². The summed E-state index contributed by atoms with van der Waals surface area (Å²) < 4.78 is 48.5. The first-order chi connectivity index (χ1) is 13.2. The maximum absolute atomic E-state index is 12.9. The molecule has 0 spiro atoms. The summed E-state index contributed by atoms with van der Waals surface area (Å²) in [6, 6.07) is 10.1. The van der Waals surface area contributed by atoms with Gasteiger partial charge >= 0.3 is 0 Å². The number of hydrazone groups is 1. The molecule has 0 atom stereocenters. The van der Waals surface area contributed by atoms with Crippen LogP contribution in [0.3, 0.4) is 0 Å². The van der Waals surface area contributed by atoms with Crippen LogP contribution in [0.1, 0.15) is 5.56 Å². The van der Waals surface area contributed by atoms with Crippen molar-refractivity contribution in [3.63, 3.8) is 0 Å². The lowest BCUT2D eigenvalue weighted by Gasteiger charge is -2.23. The fourth-order valence-corrected chi connectivity index (χ4v) is 3.12. The van der Waals surface area contributed by atoms with E-state index >= 15 is 0 Å². The summed E-state index contributed by atoms with van der Waals surface area (Å²) >= 11 is 0. The van der Waals surface area contributed by atoms with E-state index in [1.807, 2.05) is 0 Å². The fraction of sp³-hybridized carbons (Fsp3) is 0.222. The zero-order chi connectivity index (χ0) is 20.7. The van der Waals surface area contributed by atoms with Crippen molar-refractivity contribution in [2.75, 3.05) is 31.3 Å². The number of nitrogens with zero attached hydrogens (tertiary/aromatic N) is 2. The zero-order valence-electron chi connectivity index (χ0n) is 15.5. The highest BCUT2D eigenvalue weighted by molar-refractivity contribution is 7.92. The van der Waals surface area contributed by atoms with Gasteiger partial charge in [0.15, 0.2) is 0 Å². The van der Waals surface area contributed by atoms with Gasteiger partial charge in [-0.2, -0.15) is 5.10 Å². The van der Waals surface area contributed by atoms with Gasteiger partial charge in [-0.05, 0) is 29.8 Å². The third-order valence-electron chi connectivity index (χ3n) is 3.62. The molecule has 1 N–H and O–H groups in total. The molecule has 0 heterocycles. The largest absolute Gasteiger partial charge is 0.497 e. The summed E-state index contributed by atoms with van der Waals surface area (Å²) in [6.45, 7) is -0.525. The lowest BCUT2D eigenvalue weighted by atomic mass is 10.2. The summed E-state index contributed by atoms with van der Waals surface area (Å²) in [5.41, 5.74) is 2.96. The number of nitrogens with one attached hydrogen (secondary N) is 1. The van der Waals surface area contributed by atoms with Crippen LogP contribution < -0.4 is 19.2 Å². The molecule has 0 aromatic heterocycles. The van der Waals surface area contributed by atoms with Crippen LogP contribution in [-0.2, 0) is 14.8 Å². The zero-order valence-corrected chi connectivity index (χ0v) is 16.4. The molecule has 1 amide bonds. The van der Waals surface area contributed by atoms with Crippen molar-refractivity contribution < 1.29 is 27.1 Å². The molecule has 0 aliphatic rings. The maximum atomic E-state index is 12.9. The normalized spacial score (nSPS) is 11.3. The monoisotopic (exact) mass is 409 g/mol. The molecule has 0 unspecified atom stereocenters. The van der Waals surface area contributed by atoms with Crippen molar-refractivity contribution in [2.24, 2.45) is 5.10 Å². The number of ether oxygens (including phenoxy) is 2. The Bertz CT molecular complexity index is 962. The standard InChI is InChI=1S/C18H20FN3O5S/c1-26-15-8-9-17(27-2)16(10-15)22(28(3,24)25)12-18(23)21-20-11-13-4-6-14(19)7-5-13/h4-11H,12H2,1-3H3,(H,21,23)/b20-11-. The Labute approximate surface area is 162 Å². The molecule has 8 nitrogen and oxygen atoms in total. The molecule has 0 saturated carbocycles. The highest BCUT2D eigenvalue weighted by atomic mass is 32.2. The van der Waals surface area contributed by atoms with Gasteiger partial charge in [-0.3, -0.25) is 9.10 Å². The predicted octanol–water partition coefficient (Wildman–Crippen LogP) is 1.76. The number of anilines is 1. The fourth-order valence-electron chi connectivity index (χ4n) is 2.27. The minimum atomic E-state index is -3.81. The molecular weight excluding hydrogens is 389 g/mol. The molecule has 0 bridgehead atoms. The molecule has 150 valence electrons. The second-order valence-corrected chi connectivity index (χ2v) is 7.56. The number of methoxy groups -OCH3 is 2. The number of hydrogen-bond acceptors (Lipinski definition) is 6. The third kappa shape index (κ3) is 5.68. The molecule has 0 aliphatic carbocycles. The third-order valence-corrected chi connectivity index (χ3v) is 4.74. The van der Waals surface area contributed by atoms with Crippen LogP contribution in [0.5, 0.6) is 11.5 Å². The Balaban J connectivity index is 2.19. The summed E-state index contributed by atoms with van der Waals surface area (Å²) in [6.07, 6.45) is 2.29. The van der Waals surface area contributed by atoms with E-state index in [0.717, 1.165) is 10.6 Å². The topological polar surface area (TPSA) is 97.3 Å². The summed E-state index contributed by atoms with van der Waals surface area (Å²) in [5.74, 6) is -0.404. The summed E-state index contributed by atoms with van der Waals surface area (Å²) in [7, 11) is -0.984. The minimum Gasteiger partial charge on any atom is -0.497 e. The van der Waals surface area contributed by atoms with Crippen LogP contribution >= 0.6 is 0 Å². The quantitative estimate of drug-likeness (QED) is 0.529. The van der Waals surface area contributed by atoms with Crippen molar-refractivity contribution in [1.29, 1.82) is 0 Å². The van der Waals surface area contributed by atoms with Crippen LogP contribution in [0, 0.1) is 5.82 Å². The molecule has 0 radical (unpaired) electrons. The van der Waals surface area contributed by atoms with Crippen molar-refractivity contribution in [3.05, 3.63) is 53.8 Å². The first-order valence-corrected chi connectivity index (χ1v) is 9.86. The van der Waals surface area contributed by atoms with Crippen LogP contribution in [0.25, 0.3) is 0 Å². The Morgan fingerprint density at radius 3 is 2.43 bits per heavy atom. The second-order valence-electron chi connectivity index (χ2n) is 5.65. The van der Waals surface area contributed by atoms with Crippen LogP contribution in [0.15, 0.2) is 47.6 Å². The van der Waals surface area contributed by atoms with Gasteiger partial charge in [0.1, 0.15) is 23.9 Å². The first kappa shape index (κ1) is 21.2. The van der Waals surface area contributed by atoms with Crippen LogP contribution in [0.2, 0.25) is 0 Å². The van der Waals surface area contributed by atoms with Gasteiger partial charge in [0.05, 0.1) is 32.4 Å². The van der Waals surface area contributed by atoms with E-state index in [4.69, 9.17) is 9.47 Å². The number of sulfonamides is 1. The average molecular weight is 409 g/mol. The van der Waals surface area contributed by atoms with Gasteiger partial charge in [-0.25, -0.2) is 18.2 Å². The Kier molecular flexibility index (Phi) is 6.94. The molecule has 2 aromatic rings. The van der Waals surface area contributed by atoms with E-state index < -0.39 is 28.3 Å². The van der Waals surface area contributed by atoms with E-state index in [1.54, 1.807) is 6.07 Å². The minimum absolute atomic E-state index is 0.155.